The predicted molar refractivity (Wildman–Crippen MR) is 79.6 cm³/mol. The number of nitrogens with one attached hydrogen (secondary N) is 1. The van der Waals surface area contributed by atoms with Gasteiger partial charge in [0.25, 0.3) is 0 Å². The van der Waals surface area contributed by atoms with Crippen molar-refractivity contribution < 1.29 is 9.59 Å². The molecule has 0 radical (unpaired) electrons. The molecule has 0 spiro atoms. The van der Waals surface area contributed by atoms with E-state index in [4.69, 9.17) is 0 Å². The first-order chi connectivity index (χ1) is 9.02. The number of thioether (sulfide) groups is 1. The van der Waals surface area contributed by atoms with Crippen molar-refractivity contribution in [2.75, 3.05) is 11.6 Å². The highest BCUT2D eigenvalue weighted by molar-refractivity contribution is 8.00. The summed E-state index contributed by atoms with van der Waals surface area (Å²) in [5.41, 5.74) is 2.90. The molecule has 4 heteroatoms. The normalized spacial score (nSPS) is 15.9. The summed E-state index contributed by atoms with van der Waals surface area (Å²) in [6, 6.07) is 5.92. The molecule has 0 aliphatic heterocycles. The minimum Gasteiger partial charge on any atom is -0.324 e. The van der Waals surface area contributed by atoms with Crippen LogP contribution in [-0.4, -0.2) is 23.2 Å². The second kappa shape index (κ2) is 5.78. The molecule has 3 nitrogen and oxygen atoms in total. The zero-order valence-electron chi connectivity index (χ0n) is 11.5. The third-order valence-electron chi connectivity index (χ3n) is 3.36. The molecule has 1 fully saturated rings. The third kappa shape index (κ3) is 3.38. The Hall–Kier alpha value is -1.29. The molecule has 1 aliphatic rings. The molecular formula is C15H19NO2S. The maximum Gasteiger partial charge on any atom is 0.245 e. The van der Waals surface area contributed by atoms with Crippen molar-refractivity contribution in [1.82, 2.24) is 0 Å². The smallest absolute Gasteiger partial charge is 0.245 e. The average Bonchev–Trinajstić information content (AvgIpc) is 3.18. The average molecular weight is 277 g/mol. The zero-order chi connectivity index (χ0) is 14.0. The Balaban J connectivity index is 2.10. The summed E-state index contributed by atoms with van der Waals surface area (Å²) >= 11 is 1.32. The van der Waals surface area contributed by atoms with Crippen molar-refractivity contribution in [3.05, 3.63) is 29.3 Å². The number of amides is 1. The van der Waals surface area contributed by atoms with Crippen LogP contribution in [0, 0.1) is 19.8 Å². The first-order valence-corrected chi connectivity index (χ1v) is 7.76. The van der Waals surface area contributed by atoms with Gasteiger partial charge in [0.05, 0.1) is 0 Å². The summed E-state index contributed by atoms with van der Waals surface area (Å²) in [5.74, 6) is -0.00443. The summed E-state index contributed by atoms with van der Waals surface area (Å²) in [6.45, 7) is 3.93. The van der Waals surface area contributed by atoms with E-state index >= 15 is 0 Å². The van der Waals surface area contributed by atoms with Gasteiger partial charge in [0.1, 0.15) is 5.25 Å². The highest BCUT2D eigenvalue weighted by Crippen LogP contribution is 2.33. The van der Waals surface area contributed by atoms with Crippen LogP contribution in [0.4, 0.5) is 5.69 Å². The van der Waals surface area contributed by atoms with Crippen molar-refractivity contribution in [2.45, 2.75) is 31.9 Å². The van der Waals surface area contributed by atoms with Crippen LogP contribution >= 0.6 is 11.8 Å². The lowest BCUT2D eigenvalue weighted by molar-refractivity contribution is -0.125. The number of hydrogen-bond donors (Lipinski definition) is 1. The van der Waals surface area contributed by atoms with Crippen molar-refractivity contribution >= 4 is 29.1 Å². The van der Waals surface area contributed by atoms with E-state index in [2.05, 4.69) is 5.32 Å². The summed E-state index contributed by atoms with van der Waals surface area (Å²) in [4.78, 5) is 24.3. The first-order valence-electron chi connectivity index (χ1n) is 6.47. The van der Waals surface area contributed by atoms with Gasteiger partial charge in [0.2, 0.25) is 5.91 Å². The highest BCUT2D eigenvalue weighted by atomic mass is 32.2. The van der Waals surface area contributed by atoms with Crippen LogP contribution in [0.25, 0.3) is 0 Å². The zero-order valence-corrected chi connectivity index (χ0v) is 12.3. The van der Waals surface area contributed by atoms with E-state index < -0.39 is 5.25 Å². The maximum atomic E-state index is 12.2. The monoisotopic (exact) mass is 277 g/mol. The molecule has 1 N–H and O–H groups in total. The minimum atomic E-state index is -0.576. The second-order valence-electron chi connectivity index (χ2n) is 5.10. The fourth-order valence-electron chi connectivity index (χ4n) is 2.00. The van der Waals surface area contributed by atoms with Crippen molar-refractivity contribution in [2.24, 2.45) is 5.92 Å². The van der Waals surface area contributed by atoms with Crippen LogP contribution in [-0.2, 0) is 9.59 Å². The van der Waals surface area contributed by atoms with Crippen LogP contribution in [0.2, 0.25) is 0 Å². The van der Waals surface area contributed by atoms with Gasteiger partial charge in [-0.15, -0.1) is 11.8 Å². The summed E-state index contributed by atoms with van der Waals surface area (Å²) in [6.07, 6.45) is 3.69. The van der Waals surface area contributed by atoms with Crippen LogP contribution in [0.5, 0.6) is 0 Å². The van der Waals surface area contributed by atoms with Crippen molar-refractivity contribution in [3.8, 4) is 0 Å². The summed E-state index contributed by atoms with van der Waals surface area (Å²) in [5, 5.41) is 2.31. The van der Waals surface area contributed by atoms with Crippen LogP contribution in [0.1, 0.15) is 24.0 Å². The summed E-state index contributed by atoms with van der Waals surface area (Å²) in [7, 11) is 0. The van der Waals surface area contributed by atoms with E-state index in [0.717, 1.165) is 29.7 Å². The molecule has 1 amide bonds. The van der Waals surface area contributed by atoms with Gasteiger partial charge in [-0.2, -0.15) is 0 Å². The Morgan fingerprint density at radius 3 is 2.58 bits per heavy atom. The lowest BCUT2D eigenvalue weighted by Gasteiger charge is -2.15. The SMILES string of the molecule is CSC(C(=O)Nc1cc(C)ccc1C)C(=O)C1CC1. The lowest BCUT2D eigenvalue weighted by atomic mass is 10.1. The Morgan fingerprint density at radius 2 is 2.00 bits per heavy atom. The Kier molecular flexibility index (Phi) is 4.30. The molecule has 0 bridgehead atoms. The van der Waals surface area contributed by atoms with Crippen LogP contribution in [0.15, 0.2) is 18.2 Å². The molecule has 102 valence electrons. The molecule has 1 unspecified atom stereocenters. The molecule has 0 heterocycles. The molecular weight excluding hydrogens is 258 g/mol. The van der Waals surface area contributed by atoms with Crippen molar-refractivity contribution in [3.63, 3.8) is 0 Å². The van der Waals surface area contributed by atoms with Gasteiger partial charge >= 0.3 is 0 Å². The standard InChI is InChI=1S/C15H19NO2S/c1-9-4-5-10(2)12(8-9)16-15(18)14(19-3)13(17)11-6-7-11/h4-5,8,11,14H,6-7H2,1-3H3,(H,16,18). The number of hydrogen-bond acceptors (Lipinski definition) is 3. The third-order valence-corrected chi connectivity index (χ3v) is 4.28. The van der Waals surface area contributed by atoms with E-state index in [9.17, 15) is 9.59 Å². The number of carbonyl (C=O) groups is 2. The largest absolute Gasteiger partial charge is 0.324 e. The number of rotatable bonds is 5. The van der Waals surface area contributed by atoms with E-state index in [1.54, 1.807) is 0 Å². The van der Waals surface area contributed by atoms with Gasteiger partial charge in [-0.25, -0.2) is 0 Å². The molecule has 1 saturated carbocycles. The van der Waals surface area contributed by atoms with Crippen LogP contribution < -0.4 is 5.32 Å². The molecule has 0 aromatic heterocycles. The number of ketones is 1. The summed E-state index contributed by atoms with van der Waals surface area (Å²) < 4.78 is 0. The molecule has 19 heavy (non-hydrogen) atoms. The number of carbonyl (C=O) groups excluding carboxylic acids is 2. The van der Waals surface area contributed by atoms with Crippen LogP contribution in [0.3, 0.4) is 0 Å². The molecule has 1 aromatic carbocycles. The fourth-order valence-corrected chi connectivity index (χ4v) is 2.70. The molecule has 1 atom stereocenters. The first kappa shape index (κ1) is 14.1. The van der Waals surface area contributed by atoms with Gasteiger partial charge in [-0.1, -0.05) is 12.1 Å². The molecule has 0 saturated heterocycles. The Morgan fingerprint density at radius 1 is 1.32 bits per heavy atom. The second-order valence-corrected chi connectivity index (χ2v) is 6.04. The van der Waals surface area contributed by atoms with E-state index in [1.165, 1.54) is 11.8 Å². The van der Waals surface area contributed by atoms with E-state index in [0.29, 0.717) is 0 Å². The van der Waals surface area contributed by atoms with Gasteiger partial charge < -0.3 is 5.32 Å². The highest BCUT2D eigenvalue weighted by Gasteiger charge is 2.37. The number of anilines is 1. The van der Waals surface area contributed by atoms with Crippen molar-refractivity contribution in [1.29, 1.82) is 0 Å². The lowest BCUT2D eigenvalue weighted by Crippen LogP contribution is -2.33. The van der Waals surface area contributed by atoms with Gasteiger partial charge in [-0.3, -0.25) is 9.59 Å². The number of aryl methyl sites for hydroxylation is 2. The fraction of sp³-hybridized carbons (Fsp3) is 0.467. The topological polar surface area (TPSA) is 46.2 Å². The van der Waals surface area contributed by atoms with E-state index in [-0.39, 0.29) is 17.6 Å². The molecule has 1 aromatic rings. The van der Waals surface area contributed by atoms with Gasteiger partial charge in [-0.05, 0) is 50.1 Å². The van der Waals surface area contributed by atoms with Gasteiger partial charge in [0.15, 0.2) is 5.78 Å². The van der Waals surface area contributed by atoms with Gasteiger partial charge in [0, 0.05) is 11.6 Å². The predicted octanol–water partition coefficient (Wildman–Crippen LogP) is 2.95. The number of Topliss-reactive ketones (excluding diaryl/α,β-unsaturated/α-hetero) is 1. The molecule has 2 rings (SSSR count). The molecule has 1 aliphatic carbocycles. The Labute approximate surface area is 118 Å². The Bertz CT molecular complexity index is 509. The number of benzene rings is 1. The van der Waals surface area contributed by atoms with E-state index in [1.807, 2.05) is 38.3 Å². The quantitative estimate of drug-likeness (QED) is 0.842. The minimum absolute atomic E-state index is 0.0790. The maximum absolute atomic E-state index is 12.2.